The Hall–Kier alpha value is -2.62. The van der Waals surface area contributed by atoms with Crippen LogP contribution in [0.5, 0.6) is 5.75 Å². The highest BCUT2D eigenvalue weighted by Gasteiger charge is 2.25. The molecule has 0 amide bonds. The van der Waals surface area contributed by atoms with E-state index in [1.54, 1.807) is 36.5 Å². The Morgan fingerprint density at radius 3 is 2.62 bits per heavy atom. The summed E-state index contributed by atoms with van der Waals surface area (Å²) in [5, 5.41) is 9.62. The molecule has 0 fully saturated rings. The predicted molar refractivity (Wildman–Crippen MR) is 78.5 cm³/mol. The lowest BCUT2D eigenvalue weighted by atomic mass is 9.96. The van der Waals surface area contributed by atoms with Crippen molar-refractivity contribution in [2.24, 2.45) is 0 Å². The number of hydrogen-bond acceptors (Lipinski definition) is 3. The van der Waals surface area contributed by atoms with Gasteiger partial charge in [-0.25, -0.2) is 4.39 Å². The summed E-state index contributed by atoms with van der Waals surface area (Å²) in [7, 11) is 0. The van der Waals surface area contributed by atoms with Gasteiger partial charge in [-0.15, -0.1) is 0 Å². The standard InChI is InChI=1S/C17H14FNO2/c18-13-6-4-12(5-7-13)17-11-16(21)8-9-19(17)14-2-1-3-15(20)10-14/h1-10,17,20H,11H2. The molecule has 4 heteroatoms. The molecule has 1 unspecified atom stereocenters. The van der Waals surface area contributed by atoms with Crippen molar-refractivity contribution in [3.63, 3.8) is 0 Å². The predicted octanol–water partition coefficient (Wildman–Crippen LogP) is 3.57. The zero-order valence-electron chi connectivity index (χ0n) is 11.2. The van der Waals surface area contributed by atoms with Crippen LogP contribution in [0, 0.1) is 5.82 Å². The monoisotopic (exact) mass is 283 g/mol. The van der Waals surface area contributed by atoms with Gasteiger partial charge >= 0.3 is 0 Å². The zero-order chi connectivity index (χ0) is 14.8. The van der Waals surface area contributed by atoms with Gasteiger partial charge in [0.1, 0.15) is 11.6 Å². The Kier molecular flexibility index (Phi) is 3.44. The smallest absolute Gasteiger partial charge is 0.159 e. The second-order valence-electron chi connectivity index (χ2n) is 4.98. The molecule has 0 radical (unpaired) electrons. The summed E-state index contributed by atoms with van der Waals surface area (Å²) in [5.74, 6) is -0.114. The normalized spacial score (nSPS) is 18.0. The van der Waals surface area contributed by atoms with Gasteiger partial charge in [0.05, 0.1) is 6.04 Å². The average molecular weight is 283 g/mol. The van der Waals surface area contributed by atoms with Crippen LogP contribution in [0.3, 0.4) is 0 Å². The van der Waals surface area contributed by atoms with Crippen molar-refractivity contribution in [1.82, 2.24) is 0 Å². The fourth-order valence-electron chi connectivity index (χ4n) is 2.51. The van der Waals surface area contributed by atoms with E-state index in [0.717, 1.165) is 11.3 Å². The summed E-state index contributed by atoms with van der Waals surface area (Å²) in [4.78, 5) is 13.6. The highest BCUT2D eigenvalue weighted by atomic mass is 19.1. The zero-order valence-corrected chi connectivity index (χ0v) is 11.2. The largest absolute Gasteiger partial charge is 0.508 e. The number of ketones is 1. The van der Waals surface area contributed by atoms with E-state index in [-0.39, 0.29) is 23.4 Å². The van der Waals surface area contributed by atoms with E-state index in [9.17, 15) is 14.3 Å². The molecule has 0 aliphatic carbocycles. The van der Waals surface area contributed by atoms with Crippen molar-refractivity contribution in [2.45, 2.75) is 12.5 Å². The van der Waals surface area contributed by atoms with Crippen LogP contribution in [0.4, 0.5) is 10.1 Å². The van der Waals surface area contributed by atoms with Gasteiger partial charge in [-0.1, -0.05) is 18.2 Å². The third-order valence-corrected chi connectivity index (χ3v) is 3.53. The minimum atomic E-state index is -0.305. The van der Waals surface area contributed by atoms with Crippen LogP contribution in [0.25, 0.3) is 0 Å². The van der Waals surface area contributed by atoms with Gasteiger partial charge < -0.3 is 10.0 Å². The van der Waals surface area contributed by atoms with Crippen molar-refractivity contribution in [3.8, 4) is 5.75 Å². The topological polar surface area (TPSA) is 40.5 Å². The molecule has 0 spiro atoms. The van der Waals surface area contributed by atoms with E-state index in [2.05, 4.69) is 0 Å². The Labute approximate surface area is 121 Å². The van der Waals surface area contributed by atoms with Crippen LogP contribution in [-0.2, 0) is 4.79 Å². The maximum atomic E-state index is 13.1. The molecular formula is C17H14FNO2. The van der Waals surface area contributed by atoms with E-state index in [1.165, 1.54) is 18.2 Å². The molecule has 1 aliphatic heterocycles. The number of phenolic OH excluding ortho intramolecular Hbond substituents is 1. The molecule has 1 aliphatic rings. The van der Waals surface area contributed by atoms with Gasteiger partial charge in [0.25, 0.3) is 0 Å². The fourth-order valence-corrected chi connectivity index (χ4v) is 2.51. The van der Waals surface area contributed by atoms with Crippen LogP contribution >= 0.6 is 0 Å². The number of phenols is 1. The van der Waals surface area contributed by atoms with Crippen LogP contribution < -0.4 is 4.90 Å². The molecule has 1 atom stereocenters. The van der Waals surface area contributed by atoms with Crippen molar-refractivity contribution < 1.29 is 14.3 Å². The number of carbonyl (C=O) groups excluding carboxylic acids is 1. The third kappa shape index (κ3) is 2.79. The molecule has 3 rings (SSSR count). The molecule has 0 aromatic heterocycles. The second kappa shape index (κ2) is 5.40. The number of nitrogens with zero attached hydrogens (tertiary/aromatic N) is 1. The van der Waals surface area contributed by atoms with Crippen molar-refractivity contribution >= 4 is 11.5 Å². The average Bonchev–Trinajstić information content (AvgIpc) is 2.48. The van der Waals surface area contributed by atoms with E-state index in [0.29, 0.717) is 6.42 Å². The lowest BCUT2D eigenvalue weighted by Crippen LogP contribution is -2.28. The number of aromatic hydroxyl groups is 1. The molecular weight excluding hydrogens is 269 g/mol. The first-order valence-corrected chi connectivity index (χ1v) is 6.67. The Bertz CT molecular complexity index is 694. The summed E-state index contributed by atoms with van der Waals surface area (Å²) in [6.45, 7) is 0. The lowest BCUT2D eigenvalue weighted by Gasteiger charge is -2.33. The lowest BCUT2D eigenvalue weighted by molar-refractivity contribution is -0.115. The van der Waals surface area contributed by atoms with Crippen molar-refractivity contribution in [2.75, 3.05) is 4.90 Å². The first-order chi connectivity index (χ1) is 10.1. The van der Waals surface area contributed by atoms with E-state index < -0.39 is 0 Å². The summed E-state index contributed by atoms with van der Waals surface area (Å²) < 4.78 is 13.1. The molecule has 1 heterocycles. The fraction of sp³-hybridized carbons (Fsp3) is 0.118. The van der Waals surface area contributed by atoms with Crippen molar-refractivity contribution in [3.05, 3.63) is 72.2 Å². The third-order valence-electron chi connectivity index (χ3n) is 3.53. The van der Waals surface area contributed by atoms with Gasteiger partial charge in [-0.05, 0) is 35.9 Å². The molecule has 106 valence electrons. The Morgan fingerprint density at radius 2 is 1.90 bits per heavy atom. The number of rotatable bonds is 2. The SMILES string of the molecule is O=C1C=CN(c2cccc(O)c2)C(c2ccc(F)cc2)C1. The molecule has 0 saturated heterocycles. The molecule has 3 nitrogen and oxygen atoms in total. The molecule has 0 saturated carbocycles. The van der Waals surface area contributed by atoms with Crippen LogP contribution in [0.2, 0.25) is 0 Å². The maximum absolute atomic E-state index is 13.1. The minimum absolute atomic E-state index is 0.0285. The molecule has 21 heavy (non-hydrogen) atoms. The number of carbonyl (C=O) groups is 1. The van der Waals surface area contributed by atoms with Gasteiger partial charge in [0.15, 0.2) is 5.78 Å². The number of halogens is 1. The maximum Gasteiger partial charge on any atom is 0.159 e. The van der Waals surface area contributed by atoms with Crippen LogP contribution in [0.1, 0.15) is 18.0 Å². The first kappa shape index (κ1) is 13.4. The van der Waals surface area contributed by atoms with E-state index in [4.69, 9.17) is 0 Å². The van der Waals surface area contributed by atoms with Gasteiger partial charge in [0, 0.05) is 24.4 Å². The second-order valence-corrected chi connectivity index (χ2v) is 4.98. The Morgan fingerprint density at radius 1 is 1.14 bits per heavy atom. The van der Waals surface area contributed by atoms with Gasteiger partial charge in [0.2, 0.25) is 0 Å². The van der Waals surface area contributed by atoms with Crippen LogP contribution in [-0.4, -0.2) is 10.9 Å². The summed E-state index contributed by atoms with van der Waals surface area (Å²) >= 11 is 0. The highest BCUT2D eigenvalue weighted by molar-refractivity contribution is 5.92. The number of anilines is 1. The first-order valence-electron chi connectivity index (χ1n) is 6.67. The summed E-state index contributed by atoms with van der Waals surface area (Å²) in [6, 6.07) is 12.8. The molecule has 0 bridgehead atoms. The number of hydrogen-bond donors (Lipinski definition) is 1. The number of allylic oxidation sites excluding steroid dienone is 1. The summed E-state index contributed by atoms with van der Waals surface area (Å²) in [5.41, 5.74) is 1.64. The highest BCUT2D eigenvalue weighted by Crippen LogP contribution is 2.34. The van der Waals surface area contributed by atoms with Gasteiger partial charge in [-0.3, -0.25) is 4.79 Å². The van der Waals surface area contributed by atoms with Gasteiger partial charge in [-0.2, -0.15) is 0 Å². The number of benzene rings is 2. The summed E-state index contributed by atoms with van der Waals surface area (Å²) in [6.07, 6.45) is 3.54. The Balaban J connectivity index is 2.01. The van der Waals surface area contributed by atoms with Crippen LogP contribution in [0.15, 0.2) is 60.8 Å². The van der Waals surface area contributed by atoms with E-state index >= 15 is 0 Å². The minimum Gasteiger partial charge on any atom is -0.508 e. The molecule has 2 aromatic rings. The quantitative estimate of drug-likeness (QED) is 0.916. The van der Waals surface area contributed by atoms with Crippen molar-refractivity contribution in [1.29, 1.82) is 0 Å². The van der Waals surface area contributed by atoms with E-state index in [1.807, 2.05) is 11.0 Å². The molecule has 2 aromatic carbocycles. The molecule has 1 N–H and O–H groups in total.